The van der Waals surface area contributed by atoms with Gasteiger partial charge >= 0.3 is 6.18 Å². The number of fused-ring (bicyclic) bond motifs is 1. The standard InChI is InChI=1S/C12H13F3N6O/c1-6-4-8(18-7-2-3-9(22)16-5-7)21-11(17-6)19-10(20-21)12(13,14)15/h4,7,18H,2-3,5H2,1H3,(H,16,22). The van der Waals surface area contributed by atoms with Crippen LogP contribution in [0.25, 0.3) is 5.78 Å². The third-order valence-corrected chi connectivity index (χ3v) is 3.31. The minimum Gasteiger partial charge on any atom is -0.365 e. The van der Waals surface area contributed by atoms with Crippen LogP contribution in [0.5, 0.6) is 0 Å². The molecule has 2 aromatic heterocycles. The number of amides is 1. The molecule has 1 atom stereocenters. The number of piperidine rings is 1. The lowest BCUT2D eigenvalue weighted by Crippen LogP contribution is -2.42. The first-order chi connectivity index (χ1) is 10.3. The van der Waals surface area contributed by atoms with Crippen LogP contribution < -0.4 is 10.6 Å². The van der Waals surface area contributed by atoms with Crippen molar-refractivity contribution in [1.82, 2.24) is 24.9 Å². The number of carbonyl (C=O) groups excluding carboxylic acids is 1. The van der Waals surface area contributed by atoms with Gasteiger partial charge in [-0.25, -0.2) is 4.98 Å². The van der Waals surface area contributed by atoms with Gasteiger partial charge < -0.3 is 10.6 Å². The smallest absolute Gasteiger partial charge is 0.365 e. The summed E-state index contributed by atoms with van der Waals surface area (Å²) in [6.07, 6.45) is -3.66. The van der Waals surface area contributed by atoms with Crippen LogP contribution in [-0.2, 0) is 11.0 Å². The Morgan fingerprint density at radius 2 is 2.18 bits per heavy atom. The van der Waals surface area contributed by atoms with Crippen molar-refractivity contribution in [3.05, 3.63) is 17.6 Å². The average molecular weight is 314 g/mol. The van der Waals surface area contributed by atoms with E-state index in [0.717, 1.165) is 4.52 Å². The first kappa shape index (κ1) is 14.5. The summed E-state index contributed by atoms with van der Waals surface area (Å²) >= 11 is 0. The molecule has 1 aliphatic heterocycles. The quantitative estimate of drug-likeness (QED) is 0.868. The van der Waals surface area contributed by atoms with E-state index in [4.69, 9.17) is 0 Å². The summed E-state index contributed by atoms with van der Waals surface area (Å²) in [5.74, 6) is -1.01. The van der Waals surface area contributed by atoms with Gasteiger partial charge in [-0.1, -0.05) is 0 Å². The number of nitrogens with one attached hydrogen (secondary N) is 2. The van der Waals surface area contributed by atoms with Gasteiger partial charge in [0.05, 0.1) is 0 Å². The van der Waals surface area contributed by atoms with Gasteiger partial charge in [-0.2, -0.15) is 22.7 Å². The molecule has 1 saturated heterocycles. The zero-order valence-electron chi connectivity index (χ0n) is 11.6. The van der Waals surface area contributed by atoms with E-state index in [1.54, 1.807) is 13.0 Å². The van der Waals surface area contributed by atoms with Crippen molar-refractivity contribution in [2.75, 3.05) is 11.9 Å². The molecule has 0 bridgehead atoms. The lowest BCUT2D eigenvalue weighted by Gasteiger charge is -2.24. The van der Waals surface area contributed by atoms with Crippen LogP contribution >= 0.6 is 0 Å². The van der Waals surface area contributed by atoms with Gasteiger partial charge in [0.1, 0.15) is 5.82 Å². The summed E-state index contributed by atoms with van der Waals surface area (Å²) in [5, 5.41) is 9.26. The Balaban J connectivity index is 1.94. The molecular weight excluding hydrogens is 301 g/mol. The molecule has 0 aromatic carbocycles. The Hall–Kier alpha value is -2.39. The van der Waals surface area contributed by atoms with Gasteiger partial charge in [-0.3, -0.25) is 4.79 Å². The van der Waals surface area contributed by atoms with E-state index in [-0.39, 0.29) is 17.7 Å². The lowest BCUT2D eigenvalue weighted by atomic mass is 10.1. The fraction of sp³-hybridized carbons (Fsp3) is 0.500. The molecule has 1 aliphatic rings. The largest absolute Gasteiger partial charge is 0.453 e. The van der Waals surface area contributed by atoms with Crippen molar-refractivity contribution in [1.29, 1.82) is 0 Å². The second-order valence-electron chi connectivity index (χ2n) is 5.11. The third-order valence-electron chi connectivity index (χ3n) is 3.31. The highest BCUT2D eigenvalue weighted by Crippen LogP contribution is 2.27. The summed E-state index contributed by atoms with van der Waals surface area (Å²) < 4.78 is 39.2. The van der Waals surface area contributed by atoms with Gasteiger partial charge in [0, 0.05) is 30.8 Å². The van der Waals surface area contributed by atoms with E-state index in [1.165, 1.54) is 0 Å². The number of aryl methyl sites for hydroxylation is 1. The van der Waals surface area contributed by atoms with Crippen molar-refractivity contribution in [2.45, 2.75) is 32.0 Å². The number of rotatable bonds is 2. The van der Waals surface area contributed by atoms with Crippen molar-refractivity contribution in [3.8, 4) is 0 Å². The minimum absolute atomic E-state index is 0.0331. The second-order valence-corrected chi connectivity index (χ2v) is 5.11. The molecule has 0 saturated carbocycles. The van der Waals surface area contributed by atoms with Gasteiger partial charge in [0.2, 0.25) is 5.91 Å². The number of anilines is 1. The van der Waals surface area contributed by atoms with E-state index in [0.29, 0.717) is 30.9 Å². The molecule has 0 radical (unpaired) electrons. The molecular formula is C12H13F3N6O. The Bertz CT molecular complexity index is 715. The highest BCUT2D eigenvalue weighted by Gasteiger charge is 2.37. The predicted octanol–water partition coefficient (Wildman–Crippen LogP) is 1.14. The number of halogens is 3. The fourth-order valence-corrected chi connectivity index (χ4v) is 2.27. The van der Waals surface area contributed by atoms with Crippen LogP contribution in [0.2, 0.25) is 0 Å². The van der Waals surface area contributed by atoms with Gasteiger partial charge in [0.15, 0.2) is 0 Å². The monoisotopic (exact) mass is 314 g/mol. The molecule has 7 nitrogen and oxygen atoms in total. The van der Waals surface area contributed by atoms with Gasteiger partial charge in [0.25, 0.3) is 11.6 Å². The summed E-state index contributed by atoms with van der Waals surface area (Å²) in [6, 6.07) is 1.51. The van der Waals surface area contributed by atoms with Gasteiger partial charge in [-0.05, 0) is 13.3 Å². The van der Waals surface area contributed by atoms with Crippen LogP contribution in [0.4, 0.5) is 19.0 Å². The Morgan fingerprint density at radius 3 is 2.82 bits per heavy atom. The number of carbonyl (C=O) groups is 1. The number of aromatic nitrogens is 4. The highest BCUT2D eigenvalue weighted by molar-refractivity contribution is 5.77. The highest BCUT2D eigenvalue weighted by atomic mass is 19.4. The zero-order valence-corrected chi connectivity index (χ0v) is 11.6. The van der Waals surface area contributed by atoms with E-state index in [2.05, 4.69) is 25.7 Å². The SMILES string of the molecule is Cc1cc(NC2CCC(=O)NC2)n2nc(C(F)(F)F)nc2n1. The Kier molecular flexibility index (Phi) is 3.38. The van der Waals surface area contributed by atoms with Crippen LogP contribution in [-0.4, -0.2) is 38.1 Å². The molecule has 1 unspecified atom stereocenters. The van der Waals surface area contributed by atoms with Crippen LogP contribution in [0.15, 0.2) is 6.07 Å². The molecule has 118 valence electrons. The normalized spacial score (nSPS) is 19.3. The number of alkyl halides is 3. The number of hydrogen-bond acceptors (Lipinski definition) is 5. The second kappa shape index (κ2) is 5.11. The van der Waals surface area contributed by atoms with Crippen LogP contribution in [0.3, 0.4) is 0 Å². The zero-order chi connectivity index (χ0) is 15.9. The first-order valence-electron chi connectivity index (χ1n) is 6.68. The Labute approximate surface area is 122 Å². The lowest BCUT2D eigenvalue weighted by molar-refractivity contribution is -0.144. The van der Waals surface area contributed by atoms with Crippen molar-refractivity contribution in [3.63, 3.8) is 0 Å². The third kappa shape index (κ3) is 2.81. The maximum Gasteiger partial charge on any atom is 0.453 e. The average Bonchev–Trinajstić information content (AvgIpc) is 2.85. The topological polar surface area (TPSA) is 84.2 Å². The minimum atomic E-state index is -4.63. The van der Waals surface area contributed by atoms with E-state index in [9.17, 15) is 18.0 Å². The molecule has 1 amide bonds. The summed E-state index contributed by atoms with van der Waals surface area (Å²) in [4.78, 5) is 18.5. The predicted molar refractivity (Wildman–Crippen MR) is 70.2 cm³/mol. The molecule has 22 heavy (non-hydrogen) atoms. The van der Waals surface area contributed by atoms with E-state index in [1.807, 2.05) is 0 Å². The van der Waals surface area contributed by atoms with Crippen LogP contribution in [0, 0.1) is 6.92 Å². The van der Waals surface area contributed by atoms with Crippen molar-refractivity contribution < 1.29 is 18.0 Å². The Morgan fingerprint density at radius 1 is 1.41 bits per heavy atom. The molecule has 0 spiro atoms. The molecule has 3 rings (SSSR count). The molecule has 3 heterocycles. The molecule has 10 heteroatoms. The maximum absolute atomic E-state index is 12.7. The van der Waals surface area contributed by atoms with E-state index >= 15 is 0 Å². The number of nitrogens with zero attached hydrogens (tertiary/aromatic N) is 4. The maximum atomic E-state index is 12.7. The molecule has 1 fully saturated rings. The summed E-state index contributed by atoms with van der Waals surface area (Å²) in [7, 11) is 0. The summed E-state index contributed by atoms with van der Waals surface area (Å²) in [6.45, 7) is 2.07. The van der Waals surface area contributed by atoms with Crippen molar-refractivity contribution in [2.24, 2.45) is 0 Å². The fourth-order valence-electron chi connectivity index (χ4n) is 2.27. The summed E-state index contributed by atoms with van der Waals surface area (Å²) in [5.41, 5.74) is 0.524. The molecule has 2 aromatic rings. The number of hydrogen-bond donors (Lipinski definition) is 2. The molecule has 2 N–H and O–H groups in total. The molecule has 0 aliphatic carbocycles. The van der Waals surface area contributed by atoms with Crippen LogP contribution in [0.1, 0.15) is 24.4 Å². The van der Waals surface area contributed by atoms with Gasteiger partial charge in [-0.15, -0.1) is 5.10 Å². The van der Waals surface area contributed by atoms with E-state index < -0.39 is 12.0 Å². The van der Waals surface area contributed by atoms with Crippen molar-refractivity contribution >= 4 is 17.5 Å². The first-order valence-corrected chi connectivity index (χ1v) is 6.68.